The molecule has 90 valence electrons. The molecule has 1 atom stereocenters. The van der Waals surface area contributed by atoms with Gasteiger partial charge in [0.2, 0.25) is 0 Å². The molecule has 1 unspecified atom stereocenters. The molecule has 0 aliphatic heterocycles. The van der Waals surface area contributed by atoms with Crippen molar-refractivity contribution in [3.8, 4) is 0 Å². The summed E-state index contributed by atoms with van der Waals surface area (Å²) in [5.41, 5.74) is 0.969. The second-order valence-corrected chi connectivity index (χ2v) is 11.8. The lowest BCUT2D eigenvalue weighted by Crippen LogP contribution is -2.34. The van der Waals surface area contributed by atoms with E-state index >= 15 is 0 Å². The highest BCUT2D eigenvalue weighted by atomic mass is 32.1. The first-order chi connectivity index (χ1) is 7.98. The van der Waals surface area contributed by atoms with E-state index in [1.165, 1.54) is 4.50 Å². The molecule has 1 aromatic heterocycles. The molecule has 0 saturated heterocycles. The van der Waals surface area contributed by atoms with E-state index in [0.717, 1.165) is 10.4 Å². The van der Waals surface area contributed by atoms with Crippen molar-refractivity contribution in [2.24, 2.45) is 0 Å². The van der Waals surface area contributed by atoms with E-state index in [9.17, 15) is 5.11 Å². The molecule has 1 nitrogen and oxygen atoms in total. The van der Waals surface area contributed by atoms with Gasteiger partial charge in [0.1, 0.15) is 6.10 Å². The van der Waals surface area contributed by atoms with Crippen molar-refractivity contribution in [1.82, 2.24) is 0 Å². The van der Waals surface area contributed by atoms with Gasteiger partial charge in [-0.15, -0.1) is 11.3 Å². The molecule has 17 heavy (non-hydrogen) atoms. The first-order valence-corrected chi connectivity index (χ1v) is 10.1. The van der Waals surface area contributed by atoms with Crippen molar-refractivity contribution >= 4 is 23.9 Å². The number of aliphatic hydroxyl groups is 1. The van der Waals surface area contributed by atoms with E-state index in [0.29, 0.717) is 0 Å². The predicted octanol–water partition coefficient (Wildman–Crippen LogP) is 3.38. The number of hydrogen-bond acceptors (Lipinski definition) is 2. The van der Waals surface area contributed by atoms with Crippen LogP contribution in [0.2, 0.25) is 19.6 Å². The van der Waals surface area contributed by atoms with Crippen LogP contribution < -0.4 is 4.50 Å². The Bertz CT molecular complexity index is 484. The average Bonchev–Trinajstić information content (AvgIpc) is 2.78. The van der Waals surface area contributed by atoms with Crippen LogP contribution in [-0.4, -0.2) is 13.2 Å². The third-order valence-electron chi connectivity index (χ3n) is 2.75. The minimum absolute atomic E-state index is 0.480. The van der Waals surface area contributed by atoms with Crippen LogP contribution in [0.3, 0.4) is 0 Å². The molecule has 2 aromatic rings. The topological polar surface area (TPSA) is 20.2 Å². The van der Waals surface area contributed by atoms with Crippen molar-refractivity contribution < 1.29 is 5.11 Å². The molecule has 0 amide bonds. The fourth-order valence-corrected chi connectivity index (χ4v) is 4.64. The number of benzene rings is 1. The van der Waals surface area contributed by atoms with Gasteiger partial charge in [0.05, 0.1) is 8.07 Å². The van der Waals surface area contributed by atoms with Gasteiger partial charge in [-0.2, -0.15) is 0 Å². The highest BCUT2D eigenvalue weighted by Gasteiger charge is 2.21. The second kappa shape index (κ2) is 4.76. The Hall–Kier alpha value is -0.903. The third kappa shape index (κ3) is 2.86. The molecule has 0 radical (unpaired) electrons. The fourth-order valence-electron chi connectivity index (χ4n) is 1.70. The van der Waals surface area contributed by atoms with Gasteiger partial charge in [-0.1, -0.05) is 56.0 Å². The molecule has 0 aliphatic carbocycles. The zero-order chi connectivity index (χ0) is 12.5. The summed E-state index contributed by atoms with van der Waals surface area (Å²) in [6.45, 7) is 6.99. The summed E-state index contributed by atoms with van der Waals surface area (Å²) < 4.78 is 1.45. The van der Waals surface area contributed by atoms with Crippen molar-refractivity contribution in [3.63, 3.8) is 0 Å². The highest BCUT2D eigenvalue weighted by molar-refractivity contribution is 7.26. The van der Waals surface area contributed by atoms with Crippen molar-refractivity contribution in [1.29, 1.82) is 0 Å². The summed E-state index contributed by atoms with van der Waals surface area (Å²) in [4.78, 5) is 1.05. The van der Waals surface area contributed by atoms with Crippen LogP contribution >= 0.6 is 11.3 Å². The smallest absolute Gasteiger partial charge is 0.113 e. The Morgan fingerprint density at radius 3 is 2.18 bits per heavy atom. The molecule has 0 saturated carbocycles. The minimum Gasteiger partial charge on any atom is -0.383 e. The summed E-state index contributed by atoms with van der Waals surface area (Å²) in [5.74, 6) is 0. The average molecular weight is 262 g/mol. The van der Waals surface area contributed by atoms with Gasteiger partial charge in [0, 0.05) is 4.88 Å². The maximum atomic E-state index is 10.3. The lowest BCUT2D eigenvalue weighted by atomic mass is 10.1. The van der Waals surface area contributed by atoms with Crippen LogP contribution in [-0.2, 0) is 0 Å². The molecular weight excluding hydrogens is 244 g/mol. The summed E-state index contributed by atoms with van der Waals surface area (Å²) >= 11 is 1.75. The van der Waals surface area contributed by atoms with Crippen molar-refractivity contribution in [2.45, 2.75) is 25.7 Å². The van der Waals surface area contributed by atoms with Gasteiger partial charge >= 0.3 is 0 Å². The zero-order valence-electron chi connectivity index (χ0n) is 10.5. The molecule has 0 aliphatic rings. The van der Waals surface area contributed by atoms with Gasteiger partial charge < -0.3 is 5.11 Å². The van der Waals surface area contributed by atoms with E-state index in [1.807, 2.05) is 30.3 Å². The number of thiophene rings is 1. The minimum atomic E-state index is -1.25. The van der Waals surface area contributed by atoms with Crippen LogP contribution in [0, 0.1) is 0 Å². The Kier molecular flexibility index (Phi) is 3.52. The quantitative estimate of drug-likeness (QED) is 0.841. The molecule has 0 spiro atoms. The van der Waals surface area contributed by atoms with Crippen molar-refractivity contribution in [3.05, 3.63) is 52.9 Å². The normalized spacial score (nSPS) is 13.6. The molecule has 2 rings (SSSR count). The van der Waals surface area contributed by atoms with Gasteiger partial charge in [0.25, 0.3) is 0 Å². The van der Waals surface area contributed by atoms with Gasteiger partial charge in [-0.3, -0.25) is 0 Å². The van der Waals surface area contributed by atoms with E-state index in [-0.39, 0.29) is 0 Å². The largest absolute Gasteiger partial charge is 0.383 e. The lowest BCUT2D eigenvalue weighted by Gasteiger charge is -2.13. The van der Waals surface area contributed by atoms with Gasteiger partial charge in [0.15, 0.2) is 0 Å². The molecular formula is C14H18OSSi. The summed E-state index contributed by atoms with van der Waals surface area (Å²) in [7, 11) is -1.25. The molecule has 1 aromatic carbocycles. The highest BCUT2D eigenvalue weighted by Crippen LogP contribution is 2.26. The first-order valence-electron chi connectivity index (χ1n) is 5.82. The molecule has 1 heterocycles. The second-order valence-electron chi connectivity index (χ2n) is 5.27. The van der Waals surface area contributed by atoms with E-state index < -0.39 is 14.2 Å². The van der Waals surface area contributed by atoms with Crippen LogP contribution in [0.25, 0.3) is 0 Å². The third-order valence-corrected chi connectivity index (χ3v) is 7.49. The molecule has 3 heteroatoms. The van der Waals surface area contributed by atoms with Crippen molar-refractivity contribution in [2.75, 3.05) is 0 Å². The maximum Gasteiger partial charge on any atom is 0.113 e. The lowest BCUT2D eigenvalue weighted by molar-refractivity contribution is 0.224. The molecule has 0 fully saturated rings. The molecule has 1 N–H and O–H groups in total. The van der Waals surface area contributed by atoms with E-state index in [1.54, 1.807) is 11.3 Å². The summed E-state index contributed by atoms with van der Waals surface area (Å²) in [5, 5.41) is 10.3. The number of hydrogen-bond donors (Lipinski definition) is 1. The standard InChI is InChI=1S/C14H18OSSi/c1-17(2,3)13-10-9-12(16-13)14(15)11-7-5-4-6-8-11/h4-10,14-15H,1-3H3. The van der Waals surface area contributed by atoms with Crippen LogP contribution in [0.4, 0.5) is 0 Å². The Morgan fingerprint density at radius 1 is 1.00 bits per heavy atom. The van der Waals surface area contributed by atoms with Gasteiger partial charge in [-0.05, 0) is 16.1 Å². The number of rotatable bonds is 3. The number of aliphatic hydroxyl groups excluding tert-OH is 1. The fraction of sp³-hybridized carbons (Fsp3) is 0.286. The summed E-state index contributed by atoms with van der Waals surface area (Å²) in [6.07, 6.45) is -0.480. The predicted molar refractivity (Wildman–Crippen MR) is 77.8 cm³/mol. The SMILES string of the molecule is C[Si](C)(C)c1ccc(C(O)c2ccccc2)s1. The summed E-state index contributed by atoms with van der Waals surface area (Å²) in [6, 6.07) is 14.1. The first kappa shape index (κ1) is 12.6. The van der Waals surface area contributed by atoms with Crippen LogP contribution in [0.1, 0.15) is 16.5 Å². The van der Waals surface area contributed by atoms with Gasteiger partial charge in [-0.25, -0.2) is 0 Å². The van der Waals surface area contributed by atoms with E-state index in [4.69, 9.17) is 0 Å². The monoisotopic (exact) mass is 262 g/mol. The maximum absolute atomic E-state index is 10.3. The molecule has 0 bridgehead atoms. The Balaban J connectivity index is 2.27. The van der Waals surface area contributed by atoms with Crippen LogP contribution in [0.15, 0.2) is 42.5 Å². The Morgan fingerprint density at radius 2 is 1.65 bits per heavy atom. The zero-order valence-corrected chi connectivity index (χ0v) is 12.3. The Labute approximate surface area is 108 Å². The van der Waals surface area contributed by atoms with Crippen LogP contribution in [0.5, 0.6) is 0 Å². The van der Waals surface area contributed by atoms with E-state index in [2.05, 4.69) is 31.8 Å².